The number of hydrogen-bond donors (Lipinski definition) is 0. The van der Waals surface area contributed by atoms with Gasteiger partial charge in [-0.1, -0.05) is 32.9 Å². The minimum Gasteiger partial charge on any atom is -0.497 e. The van der Waals surface area contributed by atoms with Gasteiger partial charge in [0.25, 0.3) is 0 Å². The van der Waals surface area contributed by atoms with Crippen LogP contribution in [0.5, 0.6) is 0 Å². The van der Waals surface area contributed by atoms with Gasteiger partial charge in [0.2, 0.25) is 5.91 Å². The lowest BCUT2D eigenvalue weighted by molar-refractivity contribution is -0.140. The van der Waals surface area contributed by atoms with Crippen molar-refractivity contribution in [2.75, 3.05) is 13.7 Å². The van der Waals surface area contributed by atoms with Gasteiger partial charge in [-0.25, -0.2) is 0 Å². The van der Waals surface area contributed by atoms with Gasteiger partial charge in [-0.3, -0.25) is 4.79 Å². The van der Waals surface area contributed by atoms with Crippen LogP contribution in [0.3, 0.4) is 0 Å². The highest BCUT2D eigenvalue weighted by atomic mass is 28.4. The number of carbonyl (C=O) groups is 1. The maximum atomic E-state index is 13.7. The van der Waals surface area contributed by atoms with Crippen molar-refractivity contribution in [1.82, 2.24) is 4.90 Å². The summed E-state index contributed by atoms with van der Waals surface area (Å²) in [5, 5.41) is 0.0809. The number of likely N-dealkylation sites (tertiary alicyclic amines) is 1. The first-order valence-corrected chi connectivity index (χ1v) is 12.7. The maximum absolute atomic E-state index is 13.7. The van der Waals surface area contributed by atoms with E-state index in [1.807, 2.05) is 29.2 Å². The number of methoxy groups -OCH3 is 1. The zero-order chi connectivity index (χ0) is 20.8. The molecule has 2 rings (SSSR count). The summed E-state index contributed by atoms with van der Waals surface area (Å²) >= 11 is 0. The van der Waals surface area contributed by atoms with Crippen LogP contribution in [0.15, 0.2) is 35.6 Å². The predicted octanol–water partition coefficient (Wildman–Crippen LogP) is 5.05. The van der Waals surface area contributed by atoms with Crippen LogP contribution in [0, 0.1) is 5.41 Å². The minimum absolute atomic E-state index is 0.0809. The van der Waals surface area contributed by atoms with Crippen molar-refractivity contribution in [3.8, 4) is 0 Å². The van der Waals surface area contributed by atoms with E-state index in [4.69, 9.17) is 9.16 Å². The Labute approximate surface area is 166 Å². The third-order valence-corrected chi connectivity index (χ3v) is 10.9. The summed E-state index contributed by atoms with van der Waals surface area (Å²) in [4.78, 5) is 15.7. The molecule has 0 bridgehead atoms. The molecule has 4 nitrogen and oxygen atoms in total. The zero-order valence-electron chi connectivity index (χ0n) is 18.8. The molecular weight excluding hydrogens is 354 g/mol. The first-order chi connectivity index (χ1) is 12.2. The van der Waals surface area contributed by atoms with Crippen molar-refractivity contribution in [2.24, 2.45) is 5.41 Å². The zero-order valence-corrected chi connectivity index (χ0v) is 19.8. The van der Waals surface area contributed by atoms with Gasteiger partial charge in [-0.05, 0) is 63.6 Å². The molecule has 27 heavy (non-hydrogen) atoms. The Hall–Kier alpha value is -1.33. The second kappa shape index (κ2) is 6.93. The molecule has 0 aromatic carbocycles. The lowest BCUT2D eigenvalue weighted by atomic mass is 9.77. The average Bonchev–Trinajstić information content (AvgIpc) is 2.68. The first kappa shape index (κ1) is 22.0. The Morgan fingerprint density at radius 3 is 2.22 bits per heavy atom. The second-order valence-corrected chi connectivity index (χ2v) is 15.0. The van der Waals surface area contributed by atoms with Gasteiger partial charge in [0.05, 0.1) is 13.2 Å². The normalized spacial score (nSPS) is 25.0. The van der Waals surface area contributed by atoms with Gasteiger partial charge in [-0.15, -0.1) is 0 Å². The lowest BCUT2D eigenvalue weighted by Crippen LogP contribution is -2.52. The van der Waals surface area contributed by atoms with Crippen LogP contribution in [0.4, 0.5) is 0 Å². The van der Waals surface area contributed by atoms with E-state index in [9.17, 15) is 4.79 Å². The number of hydrogen-bond acceptors (Lipinski definition) is 3. The van der Waals surface area contributed by atoms with Crippen LogP contribution >= 0.6 is 0 Å². The van der Waals surface area contributed by atoms with E-state index in [1.54, 1.807) is 7.11 Å². The molecule has 2 atom stereocenters. The maximum Gasteiger partial charge on any atom is 0.240 e. The van der Waals surface area contributed by atoms with Gasteiger partial charge < -0.3 is 14.1 Å². The number of ether oxygens (including phenoxy) is 1. The molecule has 5 heteroatoms. The van der Waals surface area contributed by atoms with Crippen LogP contribution < -0.4 is 0 Å². The Morgan fingerprint density at radius 1 is 1.15 bits per heavy atom. The summed E-state index contributed by atoms with van der Waals surface area (Å²) in [5.74, 6) is 0.875. The molecule has 1 amide bonds. The molecule has 0 aromatic rings. The third kappa shape index (κ3) is 3.81. The van der Waals surface area contributed by atoms with E-state index in [-0.39, 0.29) is 22.6 Å². The largest absolute Gasteiger partial charge is 0.497 e. The highest BCUT2D eigenvalue weighted by Crippen LogP contribution is 2.48. The van der Waals surface area contributed by atoms with E-state index in [0.717, 1.165) is 11.3 Å². The highest BCUT2D eigenvalue weighted by molar-refractivity contribution is 6.74. The SMILES string of the molecule is COC1=CC=C2CN(C(C)(C)C)C(=O)C2(C(C)O[Si](C)(C)C(C)(C)C)C=C1. The fourth-order valence-electron chi connectivity index (χ4n) is 3.51. The fourth-order valence-corrected chi connectivity index (χ4v) is 4.94. The number of amides is 1. The van der Waals surface area contributed by atoms with Gasteiger partial charge >= 0.3 is 0 Å². The summed E-state index contributed by atoms with van der Waals surface area (Å²) in [5.41, 5.74) is 0.0617. The summed E-state index contributed by atoms with van der Waals surface area (Å²) in [6, 6.07) is 0. The van der Waals surface area contributed by atoms with Gasteiger partial charge in [0, 0.05) is 12.1 Å². The van der Waals surface area contributed by atoms with E-state index in [0.29, 0.717) is 6.54 Å². The molecule has 1 aliphatic carbocycles. The quantitative estimate of drug-likeness (QED) is 0.630. The Balaban J connectivity index is 2.54. The van der Waals surface area contributed by atoms with E-state index >= 15 is 0 Å². The predicted molar refractivity (Wildman–Crippen MR) is 114 cm³/mol. The van der Waals surface area contributed by atoms with Gasteiger partial charge in [0.15, 0.2) is 8.32 Å². The Morgan fingerprint density at radius 2 is 1.74 bits per heavy atom. The van der Waals surface area contributed by atoms with Crippen molar-refractivity contribution in [1.29, 1.82) is 0 Å². The number of allylic oxidation sites excluding steroid dienone is 3. The van der Waals surface area contributed by atoms with Crippen molar-refractivity contribution in [3.63, 3.8) is 0 Å². The molecule has 0 radical (unpaired) electrons. The molecule has 2 unspecified atom stereocenters. The molecule has 1 saturated heterocycles. The molecule has 0 aromatic heterocycles. The Bertz CT molecular complexity index is 691. The number of fused-ring (bicyclic) bond motifs is 1. The molecule has 2 aliphatic rings. The van der Waals surface area contributed by atoms with Crippen molar-refractivity contribution >= 4 is 14.2 Å². The molecule has 1 fully saturated rings. The molecule has 0 saturated carbocycles. The Kier molecular flexibility index (Phi) is 5.63. The minimum atomic E-state index is -2.04. The van der Waals surface area contributed by atoms with Gasteiger partial charge in [-0.2, -0.15) is 0 Å². The van der Waals surface area contributed by atoms with E-state index in [2.05, 4.69) is 61.6 Å². The molecule has 0 N–H and O–H groups in total. The third-order valence-electron chi connectivity index (χ3n) is 6.38. The summed E-state index contributed by atoms with van der Waals surface area (Å²) in [6.07, 6.45) is 7.68. The summed E-state index contributed by atoms with van der Waals surface area (Å²) in [7, 11) is -0.382. The fraction of sp³-hybridized carbons (Fsp3) is 0.682. The molecule has 1 heterocycles. The highest BCUT2D eigenvalue weighted by Gasteiger charge is 2.56. The van der Waals surface area contributed by atoms with Crippen LogP contribution in [-0.4, -0.2) is 44.4 Å². The standard InChI is InChI=1S/C22H37NO3Si/c1-16(26-27(9,10)21(5,6)7)22-14-13-18(25-8)12-11-17(22)15-23(19(22)24)20(2,3)4/h11-14,16H,15H2,1-10H3. The second-order valence-electron chi connectivity index (χ2n) is 10.2. The molecule has 1 aliphatic heterocycles. The van der Waals surface area contributed by atoms with Crippen LogP contribution in [0.1, 0.15) is 48.5 Å². The molecule has 0 spiro atoms. The van der Waals surface area contributed by atoms with E-state index < -0.39 is 13.7 Å². The first-order valence-electron chi connectivity index (χ1n) is 9.81. The van der Waals surface area contributed by atoms with Crippen molar-refractivity contribution < 1.29 is 14.0 Å². The summed E-state index contributed by atoms with van der Waals surface area (Å²) in [6.45, 7) is 20.1. The van der Waals surface area contributed by atoms with Crippen LogP contribution in [0.2, 0.25) is 18.1 Å². The van der Waals surface area contributed by atoms with Crippen molar-refractivity contribution in [3.05, 3.63) is 35.6 Å². The number of carbonyl (C=O) groups excluding carboxylic acids is 1. The number of rotatable bonds is 4. The lowest BCUT2D eigenvalue weighted by Gasteiger charge is -2.43. The van der Waals surface area contributed by atoms with Crippen molar-refractivity contribution in [2.45, 2.75) is 78.2 Å². The molecular formula is C22H37NO3Si. The smallest absolute Gasteiger partial charge is 0.240 e. The topological polar surface area (TPSA) is 38.8 Å². The average molecular weight is 392 g/mol. The molecule has 152 valence electrons. The van der Waals surface area contributed by atoms with Crippen LogP contribution in [-0.2, 0) is 14.0 Å². The van der Waals surface area contributed by atoms with E-state index in [1.165, 1.54) is 0 Å². The van der Waals surface area contributed by atoms with Crippen LogP contribution in [0.25, 0.3) is 0 Å². The summed E-state index contributed by atoms with van der Waals surface area (Å²) < 4.78 is 12.2. The number of nitrogens with zero attached hydrogens (tertiary/aromatic N) is 1. The monoisotopic (exact) mass is 391 g/mol. The van der Waals surface area contributed by atoms with Gasteiger partial charge in [0.1, 0.15) is 11.2 Å².